The summed E-state index contributed by atoms with van der Waals surface area (Å²) in [5.74, 6) is 0.722. The molecule has 0 spiro atoms. The average Bonchev–Trinajstić information content (AvgIpc) is 2.35. The maximum atomic E-state index is 9.06. The number of hydrogen-bond acceptors (Lipinski definition) is 4. The summed E-state index contributed by atoms with van der Waals surface area (Å²) in [6.07, 6.45) is 1.72. The lowest BCUT2D eigenvalue weighted by Crippen LogP contribution is -2.14. The fraction of sp³-hybridized carbons (Fsp3) is 0.167. The molecule has 4 nitrogen and oxygen atoms in total. The van der Waals surface area contributed by atoms with Crippen LogP contribution in [0.5, 0.6) is 0 Å². The van der Waals surface area contributed by atoms with Crippen molar-refractivity contribution in [2.45, 2.75) is 0 Å². The number of rotatable bonds is 3. The van der Waals surface area contributed by atoms with Gasteiger partial charge in [0.2, 0.25) is 0 Å². The van der Waals surface area contributed by atoms with E-state index in [4.69, 9.17) is 11.0 Å². The van der Waals surface area contributed by atoms with Crippen LogP contribution >= 0.6 is 0 Å². The highest BCUT2D eigenvalue weighted by Crippen LogP contribution is 2.24. The number of nitriles is 1. The number of pyridine rings is 1. The molecule has 4 heteroatoms. The van der Waals surface area contributed by atoms with Crippen molar-refractivity contribution in [2.75, 3.05) is 18.4 Å². The van der Waals surface area contributed by atoms with Crippen LogP contribution < -0.4 is 11.1 Å². The Bertz CT molecular complexity index is 537. The molecule has 0 saturated carbocycles. The van der Waals surface area contributed by atoms with Crippen LogP contribution in [0.25, 0.3) is 10.8 Å². The molecule has 1 heterocycles. The minimum atomic E-state index is 0.535. The van der Waals surface area contributed by atoms with Gasteiger partial charge < -0.3 is 11.1 Å². The number of nitrogens with one attached hydrogen (secondary N) is 1. The highest BCUT2D eigenvalue weighted by Gasteiger charge is 2.06. The molecule has 1 aromatic heterocycles. The molecular weight excluding hydrogens is 200 g/mol. The second-order valence-electron chi connectivity index (χ2n) is 3.39. The summed E-state index contributed by atoms with van der Waals surface area (Å²) >= 11 is 0. The van der Waals surface area contributed by atoms with Crippen molar-refractivity contribution in [3.05, 3.63) is 36.0 Å². The van der Waals surface area contributed by atoms with Gasteiger partial charge in [0.25, 0.3) is 0 Å². The molecule has 0 amide bonds. The first-order chi connectivity index (χ1) is 7.86. The maximum Gasteiger partial charge on any atom is 0.135 e. The highest BCUT2D eigenvalue weighted by molar-refractivity contribution is 5.96. The van der Waals surface area contributed by atoms with Gasteiger partial charge in [0.1, 0.15) is 5.82 Å². The summed E-state index contributed by atoms with van der Waals surface area (Å²) in [4.78, 5) is 4.24. The zero-order valence-corrected chi connectivity index (χ0v) is 8.77. The number of fused-ring (bicyclic) bond motifs is 1. The summed E-state index contributed by atoms with van der Waals surface area (Å²) in [5, 5.41) is 14.0. The Kier molecular flexibility index (Phi) is 2.99. The lowest BCUT2D eigenvalue weighted by molar-refractivity contribution is 1.01. The lowest BCUT2D eigenvalue weighted by atomic mass is 10.1. The van der Waals surface area contributed by atoms with Crippen LogP contribution in [0, 0.1) is 11.3 Å². The van der Waals surface area contributed by atoms with Gasteiger partial charge in [-0.2, -0.15) is 5.26 Å². The molecule has 0 aliphatic rings. The first-order valence-corrected chi connectivity index (χ1v) is 5.08. The number of nitrogens with zero attached hydrogens (tertiary/aromatic N) is 2. The van der Waals surface area contributed by atoms with Gasteiger partial charge in [0.15, 0.2) is 0 Å². The van der Waals surface area contributed by atoms with E-state index in [1.165, 1.54) is 0 Å². The van der Waals surface area contributed by atoms with Gasteiger partial charge in [-0.1, -0.05) is 12.1 Å². The van der Waals surface area contributed by atoms with Crippen molar-refractivity contribution in [2.24, 2.45) is 5.73 Å². The lowest BCUT2D eigenvalue weighted by Gasteiger charge is -2.08. The van der Waals surface area contributed by atoms with E-state index in [1.54, 1.807) is 12.3 Å². The molecule has 80 valence electrons. The predicted octanol–water partition coefficient (Wildman–Crippen LogP) is 1.48. The first kappa shape index (κ1) is 10.4. The minimum absolute atomic E-state index is 0.535. The summed E-state index contributed by atoms with van der Waals surface area (Å²) in [7, 11) is 0. The Morgan fingerprint density at radius 1 is 1.38 bits per heavy atom. The summed E-state index contributed by atoms with van der Waals surface area (Å²) in [6, 6.07) is 9.69. The smallest absolute Gasteiger partial charge is 0.135 e. The monoisotopic (exact) mass is 212 g/mol. The average molecular weight is 212 g/mol. The Morgan fingerprint density at radius 3 is 3.00 bits per heavy atom. The molecular formula is C12H12N4. The van der Waals surface area contributed by atoms with E-state index < -0.39 is 0 Å². The fourth-order valence-electron chi connectivity index (χ4n) is 1.65. The zero-order chi connectivity index (χ0) is 11.4. The first-order valence-electron chi connectivity index (χ1n) is 5.08. The highest BCUT2D eigenvalue weighted by atomic mass is 15.0. The molecule has 0 fully saturated rings. The SMILES string of the molecule is N#Cc1cccc2ccnc(NCCN)c12. The van der Waals surface area contributed by atoms with Crippen molar-refractivity contribution in [3.8, 4) is 6.07 Å². The maximum absolute atomic E-state index is 9.06. The van der Waals surface area contributed by atoms with Crippen molar-refractivity contribution in [3.63, 3.8) is 0 Å². The van der Waals surface area contributed by atoms with Gasteiger partial charge in [-0.25, -0.2) is 4.98 Å². The second-order valence-corrected chi connectivity index (χ2v) is 3.39. The summed E-state index contributed by atoms with van der Waals surface area (Å²) in [5.41, 5.74) is 6.07. The topological polar surface area (TPSA) is 74.7 Å². The van der Waals surface area contributed by atoms with E-state index in [9.17, 15) is 0 Å². The zero-order valence-electron chi connectivity index (χ0n) is 8.77. The predicted molar refractivity (Wildman–Crippen MR) is 64.0 cm³/mol. The molecule has 3 N–H and O–H groups in total. The Balaban J connectivity index is 2.60. The molecule has 0 aliphatic carbocycles. The van der Waals surface area contributed by atoms with Gasteiger partial charge in [0.05, 0.1) is 11.6 Å². The molecule has 0 atom stereocenters. The van der Waals surface area contributed by atoms with Gasteiger partial charge in [0, 0.05) is 24.7 Å². The van der Waals surface area contributed by atoms with E-state index in [2.05, 4.69) is 16.4 Å². The van der Waals surface area contributed by atoms with Crippen LogP contribution in [-0.2, 0) is 0 Å². The number of nitrogens with two attached hydrogens (primary N) is 1. The number of anilines is 1. The van der Waals surface area contributed by atoms with Crippen molar-refractivity contribution in [1.82, 2.24) is 4.98 Å². The molecule has 0 radical (unpaired) electrons. The van der Waals surface area contributed by atoms with E-state index in [0.717, 1.165) is 16.6 Å². The van der Waals surface area contributed by atoms with Crippen LogP contribution in [0.4, 0.5) is 5.82 Å². The second kappa shape index (κ2) is 4.60. The van der Waals surface area contributed by atoms with E-state index in [1.807, 2.05) is 18.2 Å². The molecule has 2 rings (SSSR count). The normalized spacial score (nSPS) is 10.0. The van der Waals surface area contributed by atoms with Gasteiger partial charge in [-0.05, 0) is 17.5 Å². The number of hydrogen-bond donors (Lipinski definition) is 2. The van der Waals surface area contributed by atoms with Crippen LogP contribution in [-0.4, -0.2) is 18.1 Å². The molecule has 2 aromatic rings. The van der Waals surface area contributed by atoms with Crippen molar-refractivity contribution < 1.29 is 0 Å². The van der Waals surface area contributed by atoms with Crippen molar-refractivity contribution in [1.29, 1.82) is 5.26 Å². The molecule has 0 saturated heterocycles. The van der Waals surface area contributed by atoms with E-state index in [0.29, 0.717) is 18.7 Å². The van der Waals surface area contributed by atoms with Crippen LogP contribution in [0.3, 0.4) is 0 Å². The van der Waals surface area contributed by atoms with Crippen molar-refractivity contribution >= 4 is 16.6 Å². The third-order valence-electron chi connectivity index (χ3n) is 2.35. The Morgan fingerprint density at radius 2 is 2.25 bits per heavy atom. The minimum Gasteiger partial charge on any atom is -0.368 e. The molecule has 0 aliphatic heterocycles. The van der Waals surface area contributed by atoms with Crippen LogP contribution in [0.15, 0.2) is 30.5 Å². The Labute approximate surface area is 93.7 Å². The Hall–Kier alpha value is -2.12. The van der Waals surface area contributed by atoms with Crippen LogP contribution in [0.2, 0.25) is 0 Å². The standard InChI is InChI=1S/C12H12N4/c13-5-7-16-12-11-9(4-6-15-12)2-1-3-10(11)8-14/h1-4,6H,5,7,13H2,(H,15,16). The van der Waals surface area contributed by atoms with E-state index >= 15 is 0 Å². The van der Waals surface area contributed by atoms with Gasteiger partial charge in [-0.15, -0.1) is 0 Å². The molecule has 0 bridgehead atoms. The molecule has 0 unspecified atom stereocenters. The van der Waals surface area contributed by atoms with E-state index in [-0.39, 0.29) is 0 Å². The largest absolute Gasteiger partial charge is 0.368 e. The molecule has 16 heavy (non-hydrogen) atoms. The fourth-order valence-corrected chi connectivity index (χ4v) is 1.65. The summed E-state index contributed by atoms with van der Waals surface area (Å²) in [6.45, 7) is 1.18. The molecule has 1 aromatic carbocycles. The number of aromatic nitrogens is 1. The van der Waals surface area contributed by atoms with Crippen LogP contribution in [0.1, 0.15) is 5.56 Å². The third-order valence-corrected chi connectivity index (χ3v) is 2.35. The van der Waals surface area contributed by atoms with Gasteiger partial charge >= 0.3 is 0 Å². The van der Waals surface area contributed by atoms with Gasteiger partial charge in [-0.3, -0.25) is 0 Å². The number of benzene rings is 1. The summed E-state index contributed by atoms with van der Waals surface area (Å²) < 4.78 is 0. The quantitative estimate of drug-likeness (QED) is 0.808. The third kappa shape index (κ3) is 1.81.